The number of nitrogens with zero attached hydrogens (tertiary/aromatic N) is 1. The molecule has 0 bridgehead atoms. The Bertz CT molecular complexity index is 855. The third-order valence-corrected chi connectivity index (χ3v) is 6.39. The zero-order valence-corrected chi connectivity index (χ0v) is 20.4. The molecule has 0 saturated carbocycles. The summed E-state index contributed by atoms with van der Waals surface area (Å²) < 4.78 is 0. The van der Waals surface area contributed by atoms with Crippen LogP contribution in [0.15, 0.2) is 53.4 Å². The van der Waals surface area contributed by atoms with Gasteiger partial charge in [0.15, 0.2) is 0 Å². The SMILES string of the molecule is CC[C@@H](C(=O)NC(C)C)N(Cc1ccccc1C)C(=O)CCCSc1ccc(Cl)cc1. The summed E-state index contributed by atoms with van der Waals surface area (Å²) in [6, 6.07) is 15.3. The van der Waals surface area contributed by atoms with Crippen molar-refractivity contribution >= 4 is 35.2 Å². The molecule has 0 aromatic heterocycles. The number of carbonyl (C=O) groups excluding carboxylic acids is 2. The Hall–Kier alpha value is -1.98. The Morgan fingerprint density at radius 3 is 2.39 bits per heavy atom. The van der Waals surface area contributed by atoms with E-state index in [-0.39, 0.29) is 17.9 Å². The number of benzene rings is 2. The van der Waals surface area contributed by atoms with Gasteiger partial charge in [-0.2, -0.15) is 0 Å². The molecule has 6 heteroatoms. The molecular formula is C25H33ClN2O2S. The summed E-state index contributed by atoms with van der Waals surface area (Å²) in [6.07, 6.45) is 1.74. The van der Waals surface area contributed by atoms with Gasteiger partial charge in [0, 0.05) is 28.9 Å². The zero-order valence-electron chi connectivity index (χ0n) is 18.9. The van der Waals surface area contributed by atoms with Crippen molar-refractivity contribution in [3.05, 3.63) is 64.7 Å². The van der Waals surface area contributed by atoms with Crippen LogP contribution >= 0.6 is 23.4 Å². The van der Waals surface area contributed by atoms with Crippen molar-refractivity contribution in [1.29, 1.82) is 0 Å². The molecule has 1 N–H and O–H groups in total. The standard InChI is InChI=1S/C25H33ClN2O2S/c1-5-23(25(30)27-18(2)3)28(17-20-10-7-6-9-19(20)4)24(29)11-8-16-31-22-14-12-21(26)13-15-22/h6-7,9-10,12-15,18,23H,5,8,11,16-17H2,1-4H3,(H,27,30)/t23-/m0/s1. The van der Waals surface area contributed by atoms with Gasteiger partial charge < -0.3 is 10.2 Å². The number of carbonyl (C=O) groups is 2. The summed E-state index contributed by atoms with van der Waals surface area (Å²) in [5.41, 5.74) is 2.19. The first kappa shape index (κ1) is 25.3. The van der Waals surface area contributed by atoms with E-state index in [1.54, 1.807) is 16.7 Å². The van der Waals surface area contributed by atoms with Gasteiger partial charge in [0.1, 0.15) is 6.04 Å². The molecule has 2 aromatic rings. The minimum Gasteiger partial charge on any atom is -0.352 e. The van der Waals surface area contributed by atoms with Crippen LogP contribution in [0.4, 0.5) is 0 Å². The Morgan fingerprint density at radius 1 is 1.10 bits per heavy atom. The Morgan fingerprint density at radius 2 is 1.77 bits per heavy atom. The Balaban J connectivity index is 2.06. The summed E-state index contributed by atoms with van der Waals surface area (Å²) in [5, 5.41) is 3.69. The first-order chi connectivity index (χ1) is 14.8. The molecule has 1 atom stereocenters. The maximum Gasteiger partial charge on any atom is 0.243 e. The first-order valence-corrected chi connectivity index (χ1v) is 12.2. The van der Waals surface area contributed by atoms with Gasteiger partial charge in [-0.1, -0.05) is 42.8 Å². The lowest BCUT2D eigenvalue weighted by Gasteiger charge is -2.31. The van der Waals surface area contributed by atoms with Crippen LogP contribution in [0.3, 0.4) is 0 Å². The van der Waals surface area contributed by atoms with E-state index in [0.29, 0.717) is 19.4 Å². The number of rotatable bonds is 11. The van der Waals surface area contributed by atoms with Gasteiger partial charge in [-0.05, 0) is 74.8 Å². The fourth-order valence-electron chi connectivity index (χ4n) is 3.36. The van der Waals surface area contributed by atoms with Gasteiger partial charge in [-0.15, -0.1) is 11.8 Å². The van der Waals surface area contributed by atoms with Crippen molar-refractivity contribution in [2.75, 3.05) is 5.75 Å². The predicted octanol–water partition coefficient (Wildman–Crippen LogP) is 5.85. The van der Waals surface area contributed by atoms with E-state index in [1.165, 1.54) is 0 Å². The predicted molar refractivity (Wildman–Crippen MR) is 130 cm³/mol. The Kier molecular flexibility index (Phi) is 10.4. The topological polar surface area (TPSA) is 49.4 Å². The summed E-state index contributed by atoms with van der Waals surface area (Å²) in [4.78, 5) is 28.9. The summed E-state index contributed by atoms with van der Waals surface area (Å²) in [6.45, 7) is 8.31. The second-order valence-corrected chi connectivity index (χ2v) is 9.55. The van der Waals surface area contributed by atoms with Crippen molar-refractivity contribution < 1.29 is 9.59 Å². The summed E-state index contributed by atoms with van der Waals surface area (Å²) >= 11 is 7.64. The second kappa shape index (κ2) is 12.8. The van der Waals surface area contributed by atoms with Crippen LogP contribution in [-0.4, -0.2) is 34.6 Å². The molecule has 0 saturated heterocycles. The fraction of sp³-hybridized carbons (Fsp3) is 0.440. The normalized spacial score (nSPS) is 11.9. The van der Waals surface area contributed by atoms with E-state index in [9.17, 15) is 9.59 Å². The highest BCUT2D eigenvalue weighted by Crippen LogP contribution is 2.22. The van der Waals surface area contributed by atoms with E-state index < -0.39 is 6.04 Å². The second-order valence-electron chi connectivity index (χ2n) is 7.94. The number of amides is 2. The lowest BCUT2D eigenvalue weighted by atomic mass is 10.1. The third kappa shape index (κ3) is 8.23. The molecule has 31 heavy (non-hydrogen) atoms. The maximum absolute atomic E-state index is 13.2. The lowest BCUT2D eigenvalue weighted by molar-refractivity contribution is -0.141. The molecule has 2 aromatic carbocycles. The van der Waals surface area contributed by atoms with Crippen LogP contribution in [0.1, 0.15) is 51.2 Å². The van der Waals surface area contributed by atoms with Crippen LogP contribution in [0.25, 0.3) is 0 Å². The smallest absolute Gasteiger partial charge is 0.243 e. The van der Waals surface area contributed by atoms with E-state index >= 15 is 0 Å². The van der Waals surface area contributed by atoms with Gasteiger partial charge in [0.05, 0.1) is 0 Å². The van der Waals surface area contributed by atoms with E-state index in [2.05, 4.69) is 5.32 Å². The highest BCUT2D eigenvalue weighted by atomic mass is 35.5. The molecule has 0 heterocycles. The molecule has 4 nitrogen and oxygen atoms in total. The number of hydrogen-bond acceptors (Lipinski definition) is 3. The van der Waals surface area contributed by atoms with Gasteiger partial charge in [0.25, 0.3) is 0 Å². The van der Waals surface area contributed by atoms with Crippen molar-refractivity contribution in [1.82, 2.24) is 10.2 Å². The molecular weight excluding hydrogens is 428 g/mol. The molecule has 0 radical (unpaired) electrons. The van der Waals surface area contributed by atoms with Crippen molar-refractivity contribution in [2.45, 2.75) is 70.5 Å². The molecule has 2 amide bonds. The van der Waals surface area contributed by atoms with Crippen molar-refractivity contribution in [3.63, 3.8) is 0 Å². The largest absolute Gasteiger partial charge is 0.352 e. The lowest BCUT2D eigenvalue weighted by Crippen LogP contribution is -2.50. The van der Waals surface area contributed by atoms with Gasteiger partial charge in [0.2, 0.25) is 11.8 Å². The average Bonchev–Trinajstić information content (AvgIpc) is 2.73. The van der Waals surface area contributed by atoms with Crippen LogP contribution in [0.5, 0.6) is 0 Å². The number of thioether (sulfide) groups is 1. The number of nitrogens with one attached hydrogen (secondary N) is 1. The van der Waals surface area contributed by atoms with E-state index in [1.807, 2.05) is 76.2 Å². The minimum atomic E-state index is -0.474. The molecule has 168 valence electrons. The summed E-state index contributed by atoms with van der Waals surface area (Å²) in [5.74, 6) is 0.765. The summed E-state index contributed by atoms with van der Waals surface area (Å²) in [7, 11) is 0. The molecule has 0 fully saturated rings. The van der Waals surface area contributed by atoms with Crippen LogP contribution in [-0.2, 0) is 16.1 Å². The maximum atomic E-state index is 13.2. The van der Waals surface area contributed by atoms with Gasteiger partial charge in [-0.3, -0.25) is 9.59 Å². The Labute approximate surface area is 195 Å². The van der Waals surface area contributed by atoms with Crippen LogP contribution in [0, 0.1) is 6.92 Å². The van der Waals surface area contributed by atoms with Crippen LogP contribution < -0.4 is 5.32 Å². The van der Waals surface area contributed by atoms with E-state index in [4.69, 9.17) is 11.6 Å². The van der Waals surface area contributed by atoms with Crippen molar-refractivity contribution in [2.24, 2.45) is 0 Å². The molecule has 0 spiro atoms. The molecule has 0 unspecified atom stereocenters. The fourth-order valence-corrected chi connectivity index (χ4v) is 4.34. The quantitative estimate of drug-likeness (QED) is 0.338. The molecule has 0 aliphatic heterocycles. The molecule has 2 rings (SSSR count). The first-order valence-electron chi connectivity index (χ1n) is 10.8. The minimum absolute atomic E-state index is 0.0192. The monoisotopic (exact) mass is 460 g/mol. The van der Waals surface area contributed by atoms with Crippen LogP contribution in [0.2, 0.25) is 5.02 Å². The van der Waals surface area contributed by atoms with Gasteiger partial charge >= 0.3 is 0 Å². The number of halogens is 1. The zero-order chi connectivity index (χ0) is 22.8. The number of aryl methyl sites for hydroxylation is 1. The molecule has 0 aliphatic carbocycles. The average molecular weight is 461 g/mol. The third-order valence-electron chi connectivity index (χ3n) is 5.04. The van der Waals surface area contributed by atoms with Gasteiger partial charge in [-0.25, -0.2) is 0 Å². The van der Waals surface area contributed by atoms with Crippen molar-refractivity contribution in [3.8, 4) is 0 Å². The highest BCUT2D eigenvalue weighted by Gasteiger charge is 2.28. The highest BCUT2D eigenvalue weighted by molar-refractivity contribution is 7.99. The number of hydrogen-bond donors (Lipinski definition) is 1. The van der Waals surface area contributed by atoms with E-state index in [0.717, 1.165) is 33.2 Å². The molecule has 0 aliphatic rings.